The summed E-state index contributed by atoms with van der Waals surface area (Å²) in [5.41, 5.74) is 4.88. The van der Waals surface area contributed by atoms with Crippen LogP contribution in [0.3, 0.4) is 0 Å². The number of rotatable bonds is 4. The summed E-state index contributed by atoms with van der Waals surface area (Å²) in [5, 5.41) is 4.11. The van der Waals surface area contributed by atoms with Gasteiger partial charge in [-0.3, -0.25) is 9.69 Å². The first-order valence-electron chi connectivity index (χ1n) is 8.72. The second-order valence-electron chi connectivity index (χ2n) is 6.90. The van der Waals surface area contributed by atoms with Gasteiger partial charge in [0.15, 0.2) is 5.11 Å². The van der Waals surface area contributed by atoms with Crippen LogP contribution >= 0.6 is 23.8 Å². The quantitative estimate of drug-likeness (QED) is 0.628. The molecule has 2 aromatic rings. The molecule has 0 bridgehead atoms. The normalized spacial score (nSPS) is 18.7. The van der Waals surface area contributed by atoms with Gasteiger partial charge in [-0.25, -0.2) is 0 Å². The van der Waals surface area contributed by atoms with Gasteiger partial charge < -0.3 is 9.88 Å². The van der Waals surface area contributed by atoms with Crippen LogP contribution in [0.2, 0.25) is 5.02 Å². The molecule has 0 unspecified atom stereocenters. The first-order chi connectivity index (χ1) is 12.5. The van der Waals surface area contributed by atoms with E-state index in [0.717, 1.165) is 11.1 Å². The molecule has 1 saturated carbocycles. The maximum absolute atomic E-state index is 12.8. The summed E-state index contributed by atoms with van der Waals surface area (Å²) in [6.45, 7) is 4.59. The van der Waals surface area contributed by atoms with Crippen LogP contribution < -0.4 is 5.32 Å². The number of hydrogen-bond donors (Lipinski definition) is 1. The molecular formula is C20H20ClN3OS. The van der Waals surface area contributed by atoms with Gasteiger partial charge in [0.1, 0.15) is 5.70 Å². The fourth-order valence-electron chi connectivity index (χ4n) is 3.51. The van der Waals surface area contributed by atoms with E-state index >= 15 is 0 Å². The third-order valence-electron chi connectivity index (χ3n) is 4.98. The first kappa shape index (κ1) is 17.3. The van der Waals surface area contributed by atoms with Gasteiger partial charge in [0.2, 0.25) is 0 Å². The van der Waals surface area contributed by atoms with Crippen LogP contribution in [0.25, 0.3) is 6.08 Å². The van der Waals surface area contributed by atoms with Crippen molar-refractivity contribution in [1.29, 1.82) is 0 Å². The molecule has 4 nitrogen and oxygen atoms in total. The van der Waals surface area contributed by atoms with Gasteiger partial charge in [0.25, 0.3) is 5.91 Å². The minimum absolute atomic E-state index is 0.119. The number of carbonyl (C=O) groups excluding carboxylic acids is 1. The monoisotopic (exact) mass is 385 g/mol. The number of halogens is 1. The van der Waals surface area contributed by atoms with Crippen molar-refractivity contribution in [2.75, 3.05) is 0 Å². The summed E-state index contributed by atoms with van der Waals surface area (Å²) in [6.07, 6.45) is 4.38. The number of nitrogens with zero attached hydrogens (tertiary/aromatic N) is 2. The van der Waals surface area contributed by atoms with Crippen molar-refractivity contribution in [3.8, 4) is 0 Å². The highest BCUT2D eigenvalue weighted by molar-refractivity contribution is 7.80. The molecule has 0 spiro atoms. The van der Waals surface area contributed by atoms with E-state index in [2.05, 4.69) is 29.8 Å². The lowest BCUT2D eigenvalue weighted by atomic mass is 10.2. The molecule has 2 heterocycles. The summed E-state index contributed by atoms with van der Waals surface area (Å²) < 4.78 is 2.37. The molecule has 6 heteroatoms. The van der Waals surface area contributed by atoms with Gasteiger partial charge in [-0.05, 0) is 68.2 Å². The van der Waals surface area contributed by atoms with Crippen LogP contribution in [-0.2, 0) is 11.3 Å². The SMILES string of the molecule is Cc1cc(/C=C2\NC(=S)N(Cc3ccccc3Cl)C2=O)c(C)n1C1CC1. The average Bonchev–Trinajstić information content (AvgIpc) is 3.34. The standard InChI is InChI=1S/C20H20ClN3OS/c1-12-9-15(13(2)24(12)16-7-8-16)10-18-19(25)23(20(26)22-18)11-14-5-3-4-6-17(14)21/h3-6,9-10,16H,7-8,11H2,1-2H3,(H,22,26)/b18-10-. The van der Waals surface area contributed by atoms with Gasteiger partial charge in [-0.15, -0.1) is 0 Å². The average molecular weight is 386 g/mol. The van der Waals surface area contributed by atoms with Gasteiger partial charge in [0, 0.05) is 22.5 Å². The van der Waals surface area contributed by atoms with Gasteiger partial charge >= 0.3 is 0 Å². The lowest BCUT2D eigenvalue weighted by Gasteiger charge is -2.14. The van der Waals surface area contributed by atoms with E-state index in [-0.39, 0.29) is 5.91 Å². The van der Waals surface area contributed by atoms with Gasteiger partial charge in [-0.1, -0.05) is 29.8 Å². The largest absolute Gasteiger partial charge is 0.346 e. The second-order valence-corrected chi connectivity index (χ2v) is 7.69. The molecule has 0 atom stereocenters. The number of amides is 1. The Morgan fingerprint density at radius 1 is 1.31 bits per heavy atom. The van der Waals surface area contributed by atoms with Gasteiger partial charge in [-0.2, -0.15) is 0 Å². The second kappa shape index (κ2) is 6.56. The molecule has 4 rings (SSSR count). The number of aromatic nitrogens is 1. The number of thiocarbonyl (C=S) groups is 1. The summed E-state index contributed by atoms with van der Waals surface area (Å²) in [4.78, 5) is 14.4. The van der Waals surface area contributed by atoms with Crippen molar-refractivity contribution in [3.05, 3.63) is 63.6 Å². The zero-order valence-corrected chi connectivity index (χ0v) is 16.3. The Morgan fingerprint density at radius 3 is 2.73 bits per heavy atom. The summed E-state index contributed by atoms with van der Waals surface area (Å²) in [5.74, 6) is -0.119. The van der Waals surface area contributed by atoms with E-state index in [4.69, 9.17) is 23.8 Å². The van der Waals surface area contributed by atoms with E-state index < -0.39 is 0 Å². The minimum Gasteiger partial charge on any atom is -0.346 e. The molecule has 1 saturated heterocycles. The van der Waals surface area contributed by atoms with E-state index in [1.54, 1.807) is 4.90 Å². The van der Waals surface area contributed by atoms with Crippen LogP contribution in [0.15, 0.2) is 36.0 Å². The number of hydrogen-bond acceptors (Lipinski definition) is 2. The molecule has 1 N–H and O–H groups in total. The summed E-state index contributed by atoms with van der Waals surface area (Å²) in [6, 6.07) is 10.2. The number of carbonyl (C=O) groups is 1. The number of benzene rings is 1. The zero-order valence-electron chi connectivity index (χ0n) is 14.8. The molecule has 0 radical (unpaired) electrons. The first-order valence-corrected chi connectivity index (χ1v) is 9.50. The van der Waals surface area contributed by atoms with E-state index in [9.17, 15) is 4.79 Å². The summed E-state index contributed by atoms with van der Waals surface area (Å²) in [7, 11) is 0. The molecule has 1 aromatic heterocycles. The lowest BCUT2D eigenvalue weighted by molar-refractivity contribution is -0.122. The number of nitrogens with one attached hydrogen (secondary N) is 1. The Morgan fingerprint density at radius 2 is 2.04 bits per heavy atom. The van der Waals surface area contributed by atoms with Crippen LogP contribution in [0, 0.1) is 13.8 Å². The van der Waals surface area contributed by atoms with E-state index in [0.29, 0.717) is 28.4 Å². The predicted molar refractivity (Wildman–Crippen MR) is 108 cm³/mol. The zero-order chi connectivity index (χ0) is 18.4. The van der Waals surface area contributed by atoms with Crippen LogP contribution in [0.4, 0.5) is 0 Å². The third-order valence-corrected chi connectivity index (χ3v) is 5.68. The smallest absolute Gasteiger partial charge is 0.276 e. The van der Waals surface area contributed by atoms with Crippen molar-refractivity contribution in [1.82, 2.24) is 14.8 Å². The molecule has 1 amide bonds. The molecule has 1 aliphatic heterocycles. The molecular weight excluding hydrogens is 366 g/mol. The third kappa shape index (κ3) is 3.06. The predicted octanol–water partition coefficient (Wildman–Crippen LogP) is 4.35. The lowest BCUT2D eigenvalue weighted by Crippen LogP contribution is -2.30. The molecule has 1 aromatic carbocycles. The minimum atomic E-state index is -0.119. The van der Waals surface area contributed by atoms with E-state index in [1.165, 1.54) is 24.2 Å². The van der Waals surface area contributed by atoms with Crippen molar-refractivity contribution < 1.29 is 4.79 Å². The van der Waals surface area contributed by atoms with E-state index in [1.807, 2.05) is 30.3 Å². The highest BCUT2D eigenvalue weighted by Gasteiger charge is 2.32. The fourth-order valence-corrected chi connectivity index (χ4v) is 3.96. The molecule has 1 aliphatic carbocycles. The van der Waals surface area contributed by atoms with Crippen LogP contribution in [-0.4, -0.2) is 20.5 Å². The Balaban J connectivity index is 1.60. The Labute approximate surface area is 163 Å². The highest BCUT2D eigenvalue weighted by Crippen LogP contribution is 2.38. The van der Waals surface area contributed by atoms with Crippen molar-refractivity contribution in [3.63, 3.8) is 0 Å². The fraction of sp³-hybridized carbons (Fsp3) is 0.300. The molecule has 2 fully saturated rings. The van der Waals surface area contributed by atoms with Crippen molar-refractivity contribution in [2.45, 2.75) is 39.3 Å². The highest BCUT2D eigenvalue weighted by atomic mass is 35.5. The van der Waals surface area contributed by atoms with Crippen molar-refractivity contribution >= 4 is 40.9 Å². The Hall–Kier alpha value is -2.11. The van der Waals surface area contributed by atoms with Gasteiger partial charge in [0.05, 0.1) is 6.54 Å². The van der Waals surface area contributed by atoms with Crippen molar-refractivity contribution in [2.24, 2.45) is 0 Å². The Bertz CT molecular complexity index is 943. The molecule has 134 valence electrons. The molecule has 26 heavy (non-hydrogen) atoms. The summed E-state index contributed by atoms with van der Waals surface area (Å²) >= 11 is 11.6. The molecule has 2 aliphatic rings. The maximum atomic E-state index is 12.8. The van der Waals surface area contributed by atoms with Crippen LogP contribution in [0.5, 0.6) is 0 Å². The number of aryl methyl sites for hydroxylation is 1. The topological polar surface area (TPSA) is 37.3 Å². The Kier molecular flexibility index (Phi) is 4.37. The maximum Gasteiger partial charge on any atom is 0.276 e. The van der Waals surface area contributed by atoms with Crippen LogP contribution in [0.1, 0.15) is 41.4 Å².